The van der Waals surface area contributed by atoms with Crippen molar-refractivity contribution in [2.75, 3.05) is 0 Å². The van der Waals surface area contributed by atoms with Crippen molar-refractivity contribution in [3.63, 3.8) is 0 Å². The monoisotopic (exact) mass is 884 g/mol. The molecule has 0 spiro atoms. The number of aromatic nitrogens is 3. The minimum Gasteiger partial charge on any atom is -0.557 e. The van der Waals surface area contributed by atoms with Crippen LogP contribution in [0.15, 0.2) is 205 Å². The van der Waals surface area contributed by atoms with E-state index in [0.29, 0.717) is 0 Å². The van der Waals surface area contributed by atoms with Gasteiger partial charge in [0.2, 0.25) is 0 Å². The second-order valence-electron chi connectivity index (χ2n) is 12.9. The molecule has 0 unspecified atom stereocenters. The largest absolute Gasteiger partial charge is 0.557 e. The Morgan fingerprint density at radius 3 is 1.75 bits per heavy atom. The summed E-state index contributed by atoms with van der Waals surface area (Å²) in [6.45, 7) is 0. The molecule has 0 aliphatic carbocycles. The summed E-state index contributed by atoms with van der Waals surface area (Å²) in [5.41, 5.74) is 13.7. The van der Waals surface area contributed by atoms with Crippen molar-refractivity contribution >= 4 is 22.0 Å². The summed E-state index contributed by atoms with van der Waals surface area (Å²) in [5.74, 6) is 0.805. The van der Waals surface area contributed by atoms with E-state index in [1.807, 2.05) is 66.7 Å². The van der Waals surface area contributed by atoms with E-state index in [-0.39, 0.29) is 20.1 Å². The molecule has 4 nitrogen and oxygen atoms in total. The number of imidazole rings is 1. The second kappa shape index (κ2) is 16.2. The number of benzene rings is 7. The first-order valence-corrected chi connectivity index (χ1v) is 17.9. The quantitative estimate of drug-likeness (QED) is 0.156. The molecule has 0 aliphatic rings. The van der Waals surface area contributed by atoms with E-state index in [1.54, 1.807) is 6.20 Å². The van der Waals surface area contributed by atoms with E-state index in [4.69, 9.17) is 9.40 Å². The van der Waals surface area contributed by atoms with Gasteiger partial charge in [0.05, 0.1) is 16.9 Å². The fourth-order valence-electron chi connectivity index (χ4n) is 6.77. The van der Waals surface area contributed by atoms with E-state index in [0.717, 1.165) is 61.5 Å². The molecule has 0 N–H and O–H groups in total. The van der Waals surface area contributed by atoms with Crippen LogP contribution in [0.4, 0.5) is 0 Å². The molecule has 7 aromatic carbocycles. The van der Waals surface area contributed by atoms with Gasteiger partial charge >= 0.3 is 0 Å². The van der Waals surface area contributed by atoms with Gasteiger partial charge in [0.1, 0.15) is 0 Å². The fourth-order valence-corrected chi connectivity index (χ4v) is 6.77. The van der Waals surface area contributed by atoms with Crippen LogP contribution in [-0.2, 0) is 20.1 Å². The van der Waals surface area contributed by atoms with Crippen LogP contribution >= 0.6 is 0 Å². The summed E-state index contributed by atoms with van der Waals surface area (Å²) in [4.78, 5) is 9.30. The van der Waals surface area contributed by atoms with Gasteiger partial charge in [-0.1, -0.05) is 150 Å². The van der Waals surface area contributed by atoms with Crippen molar-refractivity contribution in [1.82, 2.24) is 14.5 Å². The van der Waals surface area contributed by atoms with Crippen molar-refractivity contribution in [1.29, 1.82) is 0 Å². The first kappa shape index (κ1) is 35.4. The van der Waals surface area contributed by atoms with Crippen LogP contribution in [0.1, 0.15) is 0 Å². The van der Waals surface area contributed by atoms with Crippen molar-refractivity contribution in [3.8, 4) is 61.7 Å². The molecule has 5 heteroatoms. The predicted octanol–water partition coefficient (Wildman–Crippen LogP) is 12.8. The van der Waals surface area contributed by atoms with Crippen molar-refractivity contribution in [2.24, 2.45) is 0 Å². The Morgan fingerprint density at radius 2 is 1.09 bits per heavy atom. The Bertz CT molecular complexity index is 2740. The molecule has 55 heavy (non-hydrogen) atoms. The fraction of sp³-hybridized carbons (Fsp3) is 0. The number of nitrogens with zero attached hydrogens (tertiary/aromatic N) is 3. The Labute approximate surface area is 333 Å². The molecular weight excluding hydrogens is 851 g/mol. The van der Waals surface area contributed by atoms with Crippen LogP contribution in [0.3, 0.4) is 0 Å². The number of para-hydroxylation sites is 2. The van der Waals surface area contributed by atoms with Gasteiger partial charge in [0.25, 0.3) is 0 Å². The average Bonchev–Trinajstić information content (AvgIpc) is 3.87. The molecule has 0 saturated carbocycles. The molecule has 0 fully saturated rings. The molecule has 0 amide bonds. The predicted molar refractivity (Wildman–Crippen MR) is 220 cm³/mol. The maximum absolute atomic E-state index is 5.96. The maximum Gasteiger partial charge on any atom is 0.0774 e. The van der Waals surface area contributed by atoms with Gasteiger partial charge in [-0.15, -0.1) is 35.9 Å². The van der Waals surface area contributed by atoms with E-state index >= 15 is 0 Å². The Balaban J connectivity index is 0.000000280. The van der Waals surface area contributed by atoms with Crippen LogP contribution in [-0.4, -0.2) is 14.5 Å². The Hall–Kier alpha value is -6.65. The molecule has 3 heterocycles. The Morgan fingerprint density at radius 1 is 0.509 bits per heavy atom. The van der Waals surface area contributed by atoms with Crippen LogP contribution in [0.5, 0.6) is 0 Å². The van der Waals surface area contributed by atoms with Crippen molar-refractivity contribution in [3.05, 3.63) is 213 Å². The van der Waals surface area contributed by atoms with Crippen LogP contribution in [0, 0.1) is 12.3 Å². The number of hydrogen-bond donors (Lipinski definition) is 0. The van der Waals surface area contributed by atoms with E-state index < -0.39 is 0 Å². The van der Waals surface area contributed by atoms with E-state index in [1.165, 1.54) is 22.3 Å². The zero-order chi connectivity index (χ0) is 36.1. The van der Waals surface area contributed by atoms with E-state index in [9.17, 15) is 0 Å². The summed E-state index contributed by atoms with van der Waals surface area (Å²) < 4.78 is 8.16. The van der Waals surface area contributed by atoms with Gasteiger partial charge in [0.15, 0.2) is 0 Å². The van der Waals surface area contributed by atoms with Crippen LogP contribution < -0.4 is 0 Å². The average molecular weight is 884 g/mol. The molecule has 0 atom stereocenters. The van der Waals surface area contributed by atoms with Gasteiger partial charge in [-0.3, -0.25) is 4.98 Å². The van der Waals surface area contributed by atoms with E-state index in [2.05, 4.69) is 149 Å². The van der Waals surface area contributed by atoms with Crippen molar-refractivity contribution < 1.29 is 24.5 Å². The molecule has 10 aromatic rings. The standard InChI is InChI=1S/C39H25N2O.C11H8N.Ir/c1-3-9-27(10-4-1)29-15-17-31(18-16-29)32-21-24-38-34(25-32)35(26-42-38)39-40-36-13-7-8-14-37(36)41(39)33-22-19-30(20-23-33)28-11-5-2-6-12-28;1-2-6-10(7-3-1)11-8-4-5-9-12-11;/h1-25H;1-6,8-9H;/q2*-1;. The summed E-state index contributed by atoms with van der Waals surface area (Å²) >= 11 is 0. The summed E-state index contributed by atoms with van der Waals surface area (Å²) in [6, 6.07) is 69.6. The van der Waals surface area contributed by atoms with Crippen LogP contribution in [0.2, 0.25) is 0 Å². The smallest absolute Gasteiger partial charge is 0.0774 e. The SMILES string of the molecule is [Ir].[c-]1ccccc1-c1ccccn1.[c-]1oc2ccc(-c3ccc(-c4ccccc4)cc3)cc2c1-c1nc2ccccc2n1-c1ccc(-c2ccccc2)cc1. The number of pyridine rings is 1. The molecule has 265 valence electrons. The van der Waals surface area contributed by atoms with Gasteiger partial charge in [-0.25, -0.2) is 0 Å². The molecule has 3 aromatic heterocycles. The Kier molecular flexibility index (Phi) is 10.4. The number of hydrogen-bond acceptors (Lipinski definition) is 3. The van der Waals surface area contributed by atoms with Gasteiger partial charge in [-0.2, -0.15) is 0 Å². The first-order chi connectivity index (χ1) is 26.8. The maximum atomic E-state index is 5.96. The summed E-state index contributed by atoms with van der Waals surface area (Å²) in [6.07, 6.45) is 4.98. The summed E-state index contributed by atoms with van der Waals surface area (Å²) in [5, 5.41) is 0.983. The third kappa shape index (κ3) is 7.45. The number of rotatable bonds is 6. The first-order valence-electron chi connectivity index (χ1n) is 17.9. The third-order valence-corrected chi connectivity index (χ3v) is 9.50. The topological polar surface area (TPSA) is 43.9 Å². The molecule has 10 rings (SSSR count). The second-order valence-corrected chi connectivity index (χ2v) is 12.9. The van der Waals surface area contributed by atoms with Crippen LogP contribution in [0.25, 0.3) is 83.7 Å². The number of furan rings is 1. The zero-order valence-electron chi connectivity index (χ0n) is 29.6. The third-order valence-electron chi connectivity index (χ3n) is 9.50. The molecule has 0 aliphatic heterocycles. The normalized spacial score (nSPS) is 10.8. The molecule has 0 bridgehead atoms. The van der Waals surface area contributed by atoms with Gasteiger partial charge in [0, 0.05) is 43.8 Å². The van der Waals surface area contributed by atoms with Crippen molar-refractivity contribution in [2.45, 2.75) is 0 Å². The summed E-state index contributed by atoms with van der Waals surface area (Å²) in [7, 11) is 0. The zero-order valence-corrected chi connectivity index (χ0v) is 32.0. The molecule has 1 radical (unpaired) electrons. The molecule has 0 saturated heterocycles. The molecular formula is C50H33IrN3O-2. The minimum atomic E-state index is 0. The van der Waals surface area contributed by atoms with Gasteiger partial charge in [-0.05, 0) is 69.4 Å². The minimum absolute atomic E-state index is 0. The number of fused-ring (bicyclic) bond motifs is 2. The van der Waals surface area contributed by atoms with Gasteiger partial charge < -0.3 is 14.0 Å².